The van der Waals surface area contributed by atoms with E-state index in [9.17, 15) is 0 Å². The van der Waals surface area contributed by atoms with Crippen molar-refractivity contribution in [2.24, 2.45) is 0 Å². The number of H-pyrrole nitrogens is 1. The molecule has 2 N–H and O–H groups in total. The topological polar surface area (TPSA) is 40.7 Å². The second-order valence-corrected chi connectivity index (χ2v) is 4.79. The molecule has 0 bridgehead atoms. The number of rotatable bonds is 5. The minimum Gasteiger partial charge on any atom is -0.346 e. The number of aromatic nitrogens is 2. The van der Waals surface area contributed by atoms with E-state index in [-0.39, 0.29) is 0 Å². The second kappa shape index (κ2) is 5.27. The van der Waals surface area contributed by atoms with Gasteiger partial charge in [0.15, 0.2) is 0 Å². The number of nitrogens with zero attached hydrogens (tertiary/aromatic N) is 1. The van der Waals surface area contributed by atoms with Gasteiger partial charge in [0.05, 0.1) is 4.88 Å². The summed E-state index contributed by atoms with van der Waals surface area (Å²) >= 11 is 1.74. The van der Waals surface area contributed by atoms with Gasteiger partial charge < -0.3 is 10.3 Å². The molecule has 4 heteroatoms. The Hall–Kier alpha value is -1.13. The molecule has 3 nitrogen and oxygen atoms in total. The Kier molecular flexibility index (Phi) is 3.74. The van der Waals surface area contributed by atoms with Gasteiger partial charge >= 0.3 is 0 Å². The van der Waals surface area contributed by atoms with Crippen molar-refractivity contribution in [3.63, 3.8) is 0 Å². The number of hydrogen-bond donors (Lipinski definition) is 2. The van der Waals surface area contributed by atoms with E-state index in [2.05, 4.69) is 39.7 Å². The predicted molar refractivity (Wildman–Crippen MR) is 68.9 cm³/mol. The molecule has 0 aliphatic heterocycles. The first kappa shape index (κ1) is 11.4. The van der Waals surface area contributed by atoms with E-state index in [1.807, 2.05) is 7.05 Å². The highest BCUT2D eigenvalue weighted by Crippen LogP contribution is 2.25. The summed E-state index contributed by atoms with van der Waals surface area (Å²) in [6.45, 7) is 3.12. The van der Waals surface area contributed by atoms with Crippen LogP contribution in [0.2, 0.25) is 0 Å². The van der Waals surface area contributed by atoms with Gasteiger partial charge in [0.25, 0.3) is 0 Å². The lowest BCUT2D eigenvalue weighted by Crippen LogP contribution is -2.08. The summed E-state index contributed by atoms with van der Waals surface area (Å²) in [5.74, 6) is 1.09. The van der Waals surface area contributed by atoms with Crippen molar-refractivity contribution in [3.05, 3.63) is 29.0 Å². The maximum absolute atomic E-state index is 4.65. The molecule has 2 heterocycles. The number of aryl methyl sites for hydroxylation is 2. The highest BCUT2D eigenvalue weighted by atomic mass is 32.1. The van der Waals surface area contributed by atoms with Gasteiger partial charge in [-0.25, -0.2) is 4.98 Å². The zero-order chi connectivity index (χ0) is 11.4. The predicted octanol–water partition coefficient (Wildman–Crippen LogP) is 2.60. The molecule has 0 aromatic carbocycles. The largest absolute Gasteiger partial charge is 0.346 e. The average Bonchev–Trinajstić information content (AvgIpc) is 2.87. The first-order valence-electron chi connectivity index (χ1n) is 5.55. The van der Waals surface area contributed by atoms with E-state index in [1.54, 1.807) is 11.3 Å². The van der Waals surface area contributed by atoms with Crippen molar-refractivity contribution in [2.45, 2.75) is 19.8 Å². The molecule has 0 saturated carbocycles. The fraction of sp³-hybridized carbons (Fsp3) is 0.417. The van der Waals surface area contributed by atoms with Crippen LogP contribution in [0.1, 0.15) is 17.9 Å². The van der Waals surface area contributed by atoms with Gasteiger partial charge in [0.2, 0.25) is 0 Å². The van der Waals surface area contributed by atoms with Crippen LogP contribution in [0, 0.1) is 6.92 Å². The molecular weight excluding hydrogens is 218 g/mol. The number of aromatic amines is 1. The molecule has 0 unspecified atom stereocenters. The van der Waals surface area contributed by atoms with Gasteiger partial charge in [-0.1, -0.05) is 6.07 Å². The Labute approximate surface area is 99.9 Å². The standard InChI is InChI=1S/C12H17N3S/c1-9-12(10-5-4-8-16-10)15-11(14-9)6-3-7-13-2/h4-5,8,13H,3,6-7H2,1-2H3,(H,14,15). The van der Waals surface area contributed by atoms with Crippen LogP contribution < -0.4 is 5.32 Å². The van der Waals surface area contributed by atoms with Crippen LogP contribution in [0.15, 0.2) is 17.5 Å². The van der Waals surface area contributed by atoms with E-state index in [4.69, 9.17) is 0 Å². The molecule has 0 aliphatic rings. The molecule has 2 rings (SSSR count). The highest BCUT2D eigenvalue weighted by molar-refractivity contribution is 7.13. The monoisotopic (exact) mass is 235 g/mol. The van der Waals surface area contributed by atoms with E-state index in [1.165, 1.54) is 10.6 Å². The number of thiophene rings is 1. The Morgan fingerprint density at radius 2 is 2.38 bits per heavy atom. The van der Waals surface area contributed by atoms with Gasteiger partial charge in [0.1, 0.15) is 11.5 Å². The van der Waals surface area contributed by atoms with Gasteiger partial charge in [-0.15, -0.1) is 11.3 Å². The molecular formula is C12H17N3S. The SMILES string of the molecule is CNCCCc1nc(-c2cccs2)c(C)[nH]1. The first-order chi connectivity index (χ1) is 7.81. The van der Waals surface area contributed by atoms with Crippen LogP contribution in [-0.4, -0.2) is 23.6 Å². The molecule has 86 valence electrons. The summed E-state index contributed by atoms with van der Waals surface area (Å²) in [7, 11) is 1.98. The van der Waals surface area contributed by atoms with Crippen molar-refractivity contribution in [1.29, 1.82) is 0 Å². The Bertz CT molecular complexity index is 431. The Morgan fingerprint density at radius 1 is 1.50 bits per heavy atom. The summed E-state index contributed by atoms with van der Waals surface area (Å²) in [5.41, 5.74) is 2.27. The molecule has 0 saturated heterocycles. The van der Waals surface area contributed by atoms with Crippen LogP contribution >= 0.6 is 11.3 Å². The van der Waals surface area contributed by atoms with Crippen molar-refractivity contribution in [2.75, 3.05) is 13.6 Å². The summed E-state index contributed by atoms with van der Waals surface area (Å²) < 4.78 is 0. The van der Waals surface area contributed by atoms with Crippen molar-refractivity contribution in [3.8, 4) is 10.6 Å². The average molecular weight is 235 g/mol. The number of nitrogens with one attached hydrogen (secondary N) is 2. The molecule has 0 spiro atoms. The minimum atomic E-state index is 1.01. The van der Waals surface area contributed by atoms with Crippen LogP contribution in [0.5, 0.6) is 0 Å². The third kappa shape index (κ3) is 2.51. The highest BCUT2D eigenvalue weighted by Gasteiger charge is 2.09. The molecule has 16 heavy (non-hydrogen) atoms. The van der Waals surface area contributed by atoms with Gasteiger partial charge in [-0.2, -0.15) is 0 Å². The van der Waals surface area contributed by atoms with Gasteiger partial charge in [0, 0.05) is 12.1 Å². The third-order valence-corrected chi connectivity index (χ3v) is 3.41. The second-order valence-electron chi connectivity index (χ2n) is 3.84. The number of imidazole rings is 1. The third-order valence-electron chi connectivity index (χ3n) is 2.53. The van der Waals surface area contributed by atoms with E-state index in [0.29, 0.717) is 0 Å². The summed E-state index contributed by atoms with van der Waals surface area (Å²) in [6, 6.07) is 4.18. The van der Waals surface area contributed by atoms with Crippen LogP contribution in [-0.2, 0) is 6.42 Å². The smallest absolute Gasteiger partial charge is 0.107 e. The molecule has 0 fully saturated rings. The molecule has 0 radical (unpaired) electrons. The maximum Gasteiger partial charge on any atom is 0.107 e. The van der Waals surface area contributed by atoms with Gasteiger partial charge in [-0.05, 0) is 38.4 Å². The lowest BCUT2D eigenvalue weighted by molar-refractivity contribution is 0.707. The first-order valence-corrected chi connectivity index (χ1v) is 6.43. The minimum absolute atomic E-state index is 1.01. The molecule has 0 amide bonds. The quantitative estimate of drug-likeness (QED) is 0.782. The molecule has 2 aromatic rings. The van der Waals surface area contributed by atoms with E-state index in [0.717, 1.165) is 30.9 Å². The van der Waals surface area contributed by atoms with E-state index >= 15 is 0 Å². The van der Waals surface area contributed by atoms with Gasteiger partial charge in [-0.3, -0.25) is 0 Å². The Balaban J connectivity index is 2.10. The summed E-state index contributed by atoms with van der Waals surface area (Å²) in [6.07, 6.45) is 2.13. The fourth-order valence-corrected chi connectivity index (χ4v) is 2.50. The molecule has 2 aromatic heterocycles. The van der Waals surface area contributed by atoms with E-state index < -0.39 is 0 Å². The van der Waals surface area contributed by atoms with Crippen LogP contribution in [0.25, 0.3) is 10.6 Å². The fourth-order valence-electron chi connectivity index (χ4n) is 1.73. The normalized spacial score (nSPS) is 10.9. The molecule has 0 aliphatic carbocycles. The lowest BCUT2D eigenvalue weighted by atomic mass is 10.3. The van der Waals surface area contributed by atoms with Crippen molar-refractivity contribution >= 4 is 11.3 Å². The zero-order valence-electron chi connectivity index (χ0n) is 9.71. The summed E-state index contributed by atoms with van der Waals surface area (Å²) in [4.78, 5) is 9.25. The van der Waals surface area contributed by atoms with Crippen molar-refractivity contribution < 1.29 is 0 Å². The van der Waals surface area contributed by atoms with Crippen LogP contribution in [0.3, 0.4) is 0 Å². The van der Waals surface area contributed by atoms with Crippen molar-refractivity contribution in [1.82, 2.24) is 15.3 Å². The summed E-state index contributed by atoms with van der Waals surface area (Å²) in [5, 5.41) is 5.23. The maximum atomic E-state index is 4.65. The zero-order valence-corrected chi connectivity index (χ0v) is 10.5. The van der Waals surface area contributed by atoms with Crippen LogP contribution in [0.4, 0.5) is 0 Å². The number of hydrogen-bond acceptors (Lipinski definition) is 3. The molecule has 0 atom stereocenters. The lowest BCUT2D eigenvalue weighted by Gasteiger charge is -1.95. The Morgan fingerprint density at radius 3 is 3.06 bits per heavy atom.